The number of ether oxygens (including phenoxy) is 1. The van der Waals surface area contributed by atoms with Crippen molar-refractivity contribution in [3.05, 3.63) is 59.7 Å². The van der Waals surface area contributed by atoms with Crippen molar-refractivity contribution in [2.45, 2.75) is 44.2 Å². The molecule has 0 radical (unpaired) electrons. The summed E-state index contributed by atoms with van der Waals surface area (Å²) in [4.78, 5) is 27.0. The topological polar surface area (TPSA) is 82.5 Å². The van der Waals surface area contributed by atoms with E-state index in [1.165, 1.54) is 33.4 Å². The van der Waals surface area contributed by atoms with Gasteiger partial charge in [0.25, 0.3) is 0 Å². The number of hydrogen-bond acceptors (Lipinski definition) is 4. The lowest BCUT2D eigenvalue weighted by Crippen LogP contribution is -2.49. The first-order valence-electron chi connectivity index (χ1n) is 10.6. The minimum Gasteiger partial charge on any atom is -0.448 e. The summed E-state index contributed by atoms with van der Waals surface area (Å²) in [6, 6.07) is 15.6. The summed E-state index contributed by atoms with van der Waals surface area (Å²) < 4.78 is 5.72. The van der Waals surface area contributed by atoms with Crippen molar-refractivity contribution in [2.75, 3.05) is 13.2 Å². The van der Waals surface area contributed by atoms with Gasteiger partial charge >= 0.3 is 6.09 Å². The van der Waals surface area contributed by atoms with Crippen LogP contribution in [0.15, 0.2) is 48.5 Å². The van der Waals surface area contributed by atoms with Crippen LogP contribution >= 0.6 is 0 Å². The SMILES string of the molecule is CC[C@@H](C=N)NC(=O)[C@@H]1CCCN1C(=O)OCC1c2ccccc2-c2ccccc21. The summed E-state index contributed by atoms with van der Waals surface area (Å²) in [7, 11) is 0. The molecule has 0 spiro atoms. The number of fused-ring (bicyclic) bond motifs is 3. The Kier molecular flexibility index (Phi) is 5.84. The number of nitrogens with zero attached hydrogens (tertiary/aromatic N) is 1. The molecule has 0 saturated carbocycles. The number of amides is 2. The quantitative estimate of drug-likeness (QED) is 0.714. The molecule has 2 aliphatic rings. The van der Waals surface area contributed by atoms with E-state index in [9.17, 15) is 9.59 Å². The molecule has 2 aromatic rings. The zero-order valence-electron chi connectivity index (χ0n) is 17.1. The molecule has 2 N–H and O–H groups in total. The average Bonchev–Trinajstić information content (AvgIpc) is 3.39. The van der Waals surface area contributed by atoms with Crippen molar-refractivity contribution < 1.29 is 14.3 Å². The third kappa shape index (κ3) is 3.70. The summed E-state index contributed by atoms with van der Waals surface area (Å²) in [5.41, 5.74) is 4.70. The molecule has 2 amide bonds. The predicted molar refractivity (Wildman–Crippen MR) is 116 cm³/mol. The van der Waals surface area contributed by atoms with Crippen molar-refractivity contribution in [1.29, 1.82) is 5.41 Å². The van der Waals surface area contributed by atoms with Crippen LogP contribution in [0.2, 0.25) is 0 Å². The van der Waals surface area contributed by atoms with E-state index >= 15 is 0 Å². The molecule has 30 heavy (non-hydrogen) atoms. The van der Waals surface area contributed by atoms with E-state index in [0.717, 1.165) is 6.42 Å². The van der Waals surface area contributed by atoms with Gasteiger partial charge in [0, 0.05) is 18.7 Å². The van der Waals surface area contributed by atoms with Crippen molar-refractivity contribution >= 4 is 18.2 Å². The van der Waals surface area contributed by atoms with Gasteiger partial charge in [-0.2, -0.15) is 0 Å². The highest BCUT2D eigenvalue weighted by molar-refractivity contribution is 5.88. The van der Waals surface area contributed by atoms with Crippen molar-refractivity contribution in [1.82, 2.24) is 10.2 Å². The van der Waals surface area contributed by atoms with E-state index in [-0.39, 0.29) is 24.5 Å². The molecule has 1 fully saturated rings. The molecule has 1 heterocycles. The third-order valence-corrected chi connectivity index (χ3v) is 6.09. The highest BCUT2D eigenvalue weighted by Gasteiger charge is 2.36. The molecular weight excluding hydrogens is 378 g/mol. The fraction of sp³-hybridized carbons (Fsp3) is 0.375. The van der Waals surface area contributed by atoms with Crippen LogP contribution in [0.3, 0.4) is 0 Å². The summed E-state index contributed by atoms with van der Waals surface area (Å²) in [5.74, 6) is -0.213. The largest absolute Gasteiger partial charge is 0.448 e. The maximum Gasteiger partial charge on any atom is 0.410 e. The van der Waals surface area contributed by atoms with Crippen LogP contribution < -0.4 is 5.32 Å². The maximum atomic E-state index is 12.8. The lowest BCUT2D eigenvalue weighted by molar-refractivity contribution is -0.125. The van der Waals surface area contributed by atoms with Gasteiger partial charge in [-0.1, -0.05) is 55.5 Å². The Bertz CT molecular complexity index is 913. The van der Waals surface area contributed by atoms with Gasteiger partial charge in [0.05, 0.1) is 6.04 Å². The number of nitrogens with one attached hydrogen (secondary N) is 2. The van der Waals surface area contributed by atoms with E-state index in [1.807, 2.05) is 31.2 Å². The van der Waals surface area contributed by atoms with E-state index in [4.69, 9.17) is 10.1 Å². The molecule has 2 aromatic carbocycles. The van der Waals surface area contributed by atoms with Crippen LogP contribution in [0.4, 0.5) is 4.79 Å². The van der Waals surface area contributed by atoms with Crippen molar-refractivity contribution in [3.8, 4) is 11.1 Å². The van der Waals surface area contributed by atoms with E-state index in [1.54, 1.807) is 0 Å². The van der Waals surface area contributed by atoms with Gasteiger partial charge in [-0.15, -0.1) is 0 Å². The molecular formula is C24H27N3O3. The number of carbonyl (C=O) groups is 2. The Morgan fingerprint density at radius 3 is 2.40 bits per heavy atom. The molecule has 2 atom stereocenters. The molecule has 156 valence electrons. The van der Waals surface area contributed by atoms with Crippen molar-refractivity contribution in [2.24, 2.45) is 0 Å². The number of hydrogen-bond donors (Lipinski definition) is 2. The first kappa shape index (κ1) is 20.1. The van der Waals surface area contributed by atoms with Gasteiger partial charge in [0.1, 0.15) is 12.6 Å². The van der Waals surface area contributed by atoms with Crippen LogP contribution in [0, 0.1) is 5.41 Å². The van der Waals surface area contributed by atoms with Crippen molar-refractivity contribution in [3.63, 3.8) is 0 Å². The molecule has 1 aliphatic carbocycles. The van der Waals surface area contributed by atoms with Crippen LogP contribution in [-0.4, -0.2) is 48.4 Å². The van der Waals surface area contributed by atoms with Crippen LogP contribution in [0.1, 0.15) is 43.2 Å². The Morgan fingerprint density at radius 1 is 1.17 bits per heavy atom. The number of likely N-dealkylation sites (tertiary alicyclic amines) is 1. The molecule has 1 aliphatic heterocycles. The first-order valence-corrected chi connectivity index (χ1v) is 10.6. The summed E-state index contributed by atoms with van der Waals surface area (Å²) in [6.07, 6.45) is 2.81. The molecule has 1 saturated heterocycles. The first-order chi connectivity index (χ1) is 14.6. The highest BCUT2D eigenvalue weighted by atomic mass is 16.6. The van der Waals surface area contributed by atoms with Gasteiger partial charge < -0.3 is 15.5 Å². The second-order valence-corrected chi connectivity index (χ2v) is 7.85. The van der Waals surface area contributed by atoms with Gasteiger partial charge in [-0.05, 0) is 41.5 Å². The number of benzene rings is 2. The lowest BCUT2D eigenvalue weighted by Gasteiger charge is -2.25. The Morgan fingerprint density at radius 2 is 1.80 bits per heavy atom. The lowest BCUT2D eigenvalue weighted by atomic mass is 9.98. The Hall–Kier alpha value is -3.15. The summed E-state index contributed by atoms with van der Waals surface area (Å²) in [6.45, 7) is 2.67. The van der Waals surface area contributed by atoms with Gasteiger partial charge in [0.15, 0.2) is 0 Å². The van der Waals surface area contributed by atoms with E-state index in [2.05, 4.69) is 29.6 Å². The van der Waals surface area contributed by atoms with E-state index < -0.39 is 12.1 Å². The fourth-order valence-corrected chi connectivity index (χ4v) is 4.48. The Balaban J connectivity index is 1.45. The molecule has 0 bridgehead atoms. The minimum absolute atomic E-state index is 0.00128. The van der Waals surface area contributed by atoms with E-state index in [0.29, 0.717) is 19.4 Å². The monoisotopic (exact) mass is 405 g/mol. The van der Waals surface area contributed by atoms with Crippen LogP contribution in [0.5, 0.6) is 0 Å². The second kappa shape index (κ2) is 8.69. The smallest absolute Gasteiger partial charge is 0.410 e. The zero-order valence-corrected chi connectivity index (χ0v) is 17.1. The normalized spacial score (nSPS) is 18.4. The molecule has 0 aromatic heterocycles. The molecule has 6 heteroatoms. The molecule has 4 rings (SSSR count). The van der Waals surface area contributed by atoms with Crippen LogP contribution in [0.25, 0.3) is 11.1 Å². The maximum absolute atomic E-state index is 12.8. The van der Waals surface area contributed by atoms with Gasteiger partial charge in [-0.3, -0.25) is 9.69 Å². The van der Waals surface area contributed by atoms with Gasteiger partial charge in [0.2, 0.25) is 5.91 Å². The minimum atomic E-state index is -0.533. The third-order valence-electron chi connectivity index (χ3n) is 6.09. The predicted octanol–water partition coefficient (Wildman–Crippen LogP) is 3.94. The van der Waals surface area contributed by atoms with Gasteiger partial charge in [-0.25, -0.2) is 4.79 Å². The average molecular weight is 405 g/mol. The summed E-state index contributed by atoms with van der Waals surface area (Å²) >= 11 is 0. The Labute approximate surface area is 176 Å². The van der Waals surface area contributed by atoms with Crippen LogP contribution in [-0.2, 0) is 9.53 Å². The number of carbonyl (C=O) groups excluding carboxylic acids is 2. The molecule has 6 nitrogen and oxygen atoms in total. The molecule has 0 unspecified atom stereocenters. The second-order valence-electron chi connectivity index (χ2n) is 7.85. The summed E-state index contributed by atoms with van der Waals surface area (Å²) in [5, 5.41) is 10.2. The highest BCUT2D eigenvalue weighted by Crippen LogP contribution is 2.44. The zero-order chi connectivity index (χ0) is 21.1. The number of rotatable bonds is 6. The fourth-order valence-electron chi connectivity index (χ4n) is 4.48. The standard InChI is InChI=1S/C24H27N3O3/c1-2-16(14-25)26-23(28)22-12-7-13-27(22)24(29)30-15-21-19-10-5-3-8-17(19)18-9-4-6-11-20(18)21/h3-6,8-11,14,16,21-22,25H,2,7,12-13,15H2,1H3,(H,26,28)/t16-,22-/m0/s1.